The molecule has 2 aromatic rings. The second-order valence-electron chi connectivity index (χ2n) is 7.86. The van der Waals surface area contributed by atoms with Gasteiger partial charge in [0, 0.05) is 43.5 Å². The molecule has 1 aromatic heterocycles. The fourth-order valence-corrected chi connectivity index (χ4v) is 3.72. The number of carbonyl (C=O) groups excluding carboxylic acids is 3. The lowest BCUT2D eigenvalue weighted by molar-refractivity contribution is -0.145. The lowest BCUT2D eigenvalue weighted by atomic mass is 9.99. The van der Waals surface area contributed by atoms with Crippen molar-refractivity contribution < 1.29 is 37.5 Å². The Morgan fingerprint density at radius 3 is 2.58 bits per heavy atom. The van der Waals surface area contributed by atoms with Crippen LogP contribution in [0.1, 0.15) is 18.4 Å². The van der Waals surface area contributed by atoms with Gasteiger partial charge in [-0.3, -0.25) is 13.9 Å². The minimum Gasteiger partial charge on any atom is -0.467 e. The van der Waals surface area contributed by atoms with Crippen LogP contribution < -0.4 is 10.6 Å². The van der Waals surface area contributed by atoms with Crippen molar-refractivity contribution in [3.63, 3.8) is 0 Å². The minimum atomic E-state index is -1.86. The van der Waals surface area contributed by atoms with E-state index in [1.54, 1.807) is 6.20 Å². The summed E-state index contributed by atoms with van der Waals surface area (Å²) in [5, 5.41) is 6.28. The van der Waals surface area contributed by atoms with Gasteiger partial charge in [0.15, 0.2) is 0 Å². The summed E-state index contributed by atoms with van der Waals surface area (Å²) >= 11 is 0. The molecule has 1 fully saturated rings. The molecule has 0 radical (unpaired) electrons. The summed E-state index contributed by atoms with van der Waals surface area (Å²) in [6.07, 6.45) is 1.69. The molecule has 1 aromatic carbocycles. The highest BCUT2D eigenvalue weighted by Gasteiger charge is 2.41. The summed E-state index contributed by atoms with van der Waals surface area (Å²) in [6.45, 7) is -0.212. The van der Waals surface area contributed by atoms with E-state index in [9.17, 15) is 18.7 Å². The molecule has 0 spiro atoms. The summed E-state index contributed by atoms with van der Waals surface area (Å²) < 4.78 is 32.7. The molecular formula is C21H27BFN3O7. The van der Waals surface area contributed by atoms with Crippen LogP contribution in [0.5, 0.6) is 0 Å². The van der Waals surface area contributed by atoms with E-state index in [1.807, 2.05) is 24.3 Å². The average Bonchev–Trinajstić information content (AvgIpc) is 3.22. The third kappa shape index (κ3) is 6.53. The van der Waals surface area contributed by atoms with Gasteiger partial charge in [-0.25, -0.2) is 4.79 Å². The van der Waals surface area contributed by atoms with Gasteiger partial charge in [-0.05, 0) is 11.6 Å². The van der Waals surface area contributed by atoms with Crippen LogP contribution in [0.25, 0.3) is 10.9 Å². The second kappa shape index (κ2) is 11.3. The van der Waals surface area contributed by atoms with Crippen LogP contribution in [0.4, 0.5) is 4.32 Å². The number of halogens is 1. The van der Waals surface area contributed by atoms with Gasteiger partial charge >= 0.3 is 13.4 Å². The molecule has 0 aliphatic carbocycles. The van der Waals surface area contributed by atoms with Crippen molar-refractivity contribution in [3.05, 3.63) is 36.0 Å². The van der Waals surface area contributed by atoms with Gasteiger partial charge in [0.25, 0.3) is 0 Å². The zero-order valence-corrected chi connectivity index (χ0v) is 18.5. The molecule has 1 atom stereocenters. The fraction of sp³-hybridized carbons (Fsp3) is 0.476. The highest BCUT2D eigenvalue weighted by molar-refractivity contribution is 6.35. The van der Waals surface area contributed by atoms with E-state index >= 15 is 0 Å². The predicted octanol–water partition coefficient (Wildman–Crippen LogP) is 0.651. The highest BCUT2D eigenvalue weighted by atomic mass is 19.1. The number of fused-ring (bicyclic) bond motifs is 1. The molecule has 33 heavy (non-hydrogen) atoms. The van der Waals surface area contributed by atoms with Crippen molar-refractivity contribution in [3.8, 4) is 0 Å². The van der Waals surface area contributed by atoms with Crippen LogP contribution in [0.15, 0.2) is 30.5 Å². The fourth-order valence-electron chi connectivity index (χ4n) is 3.72. The monoisotopic (exact) mass is 463 g/mol. The Bertz CT molecular complexity index is 978. The van der Waals surface area contributed by atoms with Gasteiger partial charge < -0.3 is 34.4 Å². The quantitative estimate of drug-likeness (QED) is 0.349. The largest absolute Gasteiger partial charge is 0.680 e. The third-order valence-electron chi connectivity index (χ3n) is 5.31. The standard InChI is InChI=1S/C21H27BFN3O7/c1-30-11-21(12-32-22(23)33-13-21)26-19(28)8-7-18(27)25-17(20(29)31-2)9-14-10-24-16-6-4-3-5-15(14)16/h3-6,10,17,24H,7-9,11-13H2,1-2H3,(H,25,27)(H,26,28). The number of amides is 2. The number of benzene rings is 1. The summed E-state index contributed by atoms with van der Waals surface area (Å²) in [5.41, 5.74) is 0.720. The number of esters is 1. The van der Waals surface area contributed by atoms with Crippen LogP contribution in [0, 0.1) is 0 Å². The molecule has 10 nitrogen and oxygen atoms in total. The first-order chi connectivity index (χ1) is 15.9. The number of hydrogen-bond donors (Lipinski definition) is 3. The number of ether oxygens (including phenoxy) is 2. The molecule has 178 valence electrons. The zero-order chi connectivity index (χ0) is 23.8. The van der Waals surface area contributed by atoms with Crippen molar-refractivity contribution in [1.29, 1.82) is 0 Å². The maximum Gasteiger partial charge on any atom is 0.680 e. The zero-order valence-electron chi connectivity index (χ0n) is 18.5. The Balaban J connectivity index is 1.55. The number of nitrogens with one attached hydrogen (secondary N) is 3. The first kappa shape index (κ1) is 24.7. The Morgan fingerprint density at radius 2 is 1.88 bits per heavy atom. The topological polar surface area (TPSA) is 128 Å². The molecule has 0 bridgehead atoms. The summed E-state index contributed by atoms with van der Waals surface area (Å²) in [7, 11) is 0.823. The number of aromatic amines is 1. The normalized spacial score (nSPS) is 16.3. The van der Waals surface area contributed by atoms with Gasteiger partial charge in [-0.15, -0.1) is 0 Å². The van der Waals surface area contributed by atoms with E-state index in [0.717, 1.165) is 16.5 Å². The van der Waals surface area contributed by atoms with Crippen LogP contribution in [-0.2, 0) is 39.6 Å². The minimum absolute atomic E-state index is 0.0483. The summed E-state index contributed by atoms with van der Waals surface area (Å²) in [4.78, 5) is 40.3. The molecule has 12 heteroatoms. The molecule has 1 saturated heterocycles. The van der Waals surface area contributed by atoms with Gasteiger partial charge in [0.1, 0.15) is 11.6 Å². The van der Waals surface area contributed by atoms with Gasteiger partial charge in [0.05, 0.1) is 26.9 Å². The SMILES string of the molecule is COCC1(NC(=O)CCC(=O)NC(Cc2c[nH]c3ccccc23)C(=O)OC)COB(F)OC1. The highest BCUT2D eigenvalue weighted by Crippen LogP contribution is 2.20. The molecule has 1 aliphatic rings. The molecule has 3 rings (SSSR count). The second-order valence-corrected chi connectivity index (χ2v) is 7.86. The smallest absolute Gasteiger partial charge is 0.467 e. The average molecular weight is 463 g/mol. The number of rotatable bonds is 10. The van der Waals surface area contributed by atoms with Crippen molar-refractivity contribution in [1.82, 2.24) is 15.6 Å². The van der Waals surface area contributed by atoms with E-state index in [1.165, 1.54) is 14.2 Å². The van der Waals surface area contributed by atoms with Crippen molar-refractivity contribution in [2.24, 2.45) is 0 Å². The van der Waals surface area contributed by atoms with Gasteiger partial charge in [-0.1, -0.05) is 18.2 Å². The first-order valence-electron chi connectivity index (χ1n) is 10.5. The summed E-state index contributed by atoms with van der Waals surface area (Å²) in [5.74, 6) is -1.53. The lowest BCUT2D eigenvalue weighted by Gasteiger charge is -2.37. The first-order valence-corrected chi connectivity index (χ1v) is 10.5. The molecule has 1 aliphatic heterocycles. The number of carbonyl (C=O) groups is 3. The summed E-state index contributed by atoms with van der Waals surface area (Å²) in [6, 6.07) is 6.70. The maximum absolute atomic E-state index is 13.1. The number of para-hydroxylation sites is 1. The Kier molecular flexibility index (Phi) is 8.42. The number of aromatic nitrogens is 1. The predicted molar refractivity (Wildman–Crippen MR) is 117 cm³/mol. The van der Waals surface area contributed by atoms with E-state index in [0.29, 0.717) is 0 Å². The van der Waals surface area contributed by atoms with Gasteiger partial charge in [0.2, 0.25) is 11.8 Å². The van der Waals surface area contributed by atoms with Crippen LogP contribution in [-0.4, -0.2) is 75.8 Å². The molecule has 2 amide bonds. The molecular weight excluding hydrogens is 436 g/mol. The Labute approximate surface area is 190 Å². The van der Waals surface area contributed by atoms with Crippen molar-refractivity contribution in [2.75, 3.05) is 34.0 Å². The maximum atomic E-state index is 13.1. The number of hydrogen-bond acceptors (Lipinski definition) is 7. The Morgan fingerprint density at radius 1 is 1.18 bits per heavy atom. The molecule has 3 N–H and O–H groups in total. The molecule has 1 unspecified atom stereocenters. The van der Waals surface area contributed by atoms with E-state index in [2.05, 4.69) is 15.6 Å². The molecule has 2 heterocycles. The van der Waals surface area contributed by atoms with E-state index in [-0.39, 0.29) is 39.1 Å². The van der Waals surface area contributed by atoms with Crippen LogP contribution >= 0.6 is 0 Å². The van der Waals surface area contributed by atoms with E-state index in [4.69, 9.17) is 18.8 Å². The molecule has 0 saturated carbocycles. The number of H-pyrrole nitrogens is 1. The number of methoxy groups -OCH3 is 2. The van der Waals surface area contributed by atoms with Gasteiger partial charge in [-0.2, -0.15) is 0 Å². The Hall–Kier alpha value is -2.96. The lowest BCUT2D eigenvalue weighted by Crippen LogP contribution is -2.62. The van der Waals surface area contributed by atoms with E-state index < -0.39 is 36.8 Å². The van der Waals surface area contributed by atoms with Crippen LogP contribution in [0.2, 0.25) is 0 Å². The van der Waals surface area contributed by atoms with Crippen molar-refractivity contribution in [2.45, 2.75) is 30.8 Å². The van der Waals surface area contributed by atoms with Crippen molar-refractivity contribution >= 4 is 36.1 Å². The third-order valence-corrected chi connectivity index (χ3v) is 5.31. The van der Waals surface area contributed by atoms with Crippen LogP contribution in [0.3, 0.4) is 0 Å².